The van der Waals surface area contributed by atoms with Crippen molar-refractivity contribution >= 4 is 23.2 Å². The molecule has 2 heterocycles. The lowest BCUT2D eigenvalue weighted by atomic mass is 9.92. The maximum Gasteiger partial charge on any atom is 0.166 e. The average molecular weight is 250 g/mol. The highest BCUT2D eigenvalue weighted by atomic mass is 35.5. The second-order valence-corrected chi connectivity index (χ2v) is 4.64. The quantitative estimate of drug-likeness (QED) is 0.831. The topological polar surface area (TPSA) is 50.1 Å². The monoisotopic (exact) mass is 249 g/mol. The van der Waals surface area contributed by atoms with Gasteiger partial charge >= 0.3 is 0 Å². The molecule has 0 amide bonds. The van der Waals surface area contributed by atoms with Gasteiger partial charge in [0, 0.05) is 0 Å². The van der Waals surface area contributed by atoms with Crippen molar-refractivity contribution in [1.29, 1.82) is 0 Å². The van der Waals surface area contributed by atoms with E-state index < -0.39 is 5.60 Å². The molecule has 2 rings (SSSR count). The molecule has 0 unspecified atom stereocenters. The summed E-state index contributed by atoms with van der Waals surface area (Å²) >= 11 is 11.7. The molecule has 1 aromatic heterocycles. The molecule has 0 aliphatic carbocycles. The Morgan fingerprint density at radius 2 is 2.13 bits per heavy atom. The van der Waals surface area contributed by atoms with Crippen LogP contribution >= 0.6 is 23.2 Å². The molecule has 4 nitrogen and oxygen atoms in total. The van der Waals surface area contributed by atoms with Crippen LogP contribution in [0.2, 0.25) is 10.3 Å². The molecule has 0 aromatic carbocycles. The minimum atomic E-state index is -0.696. The smallest absolute Gasteiger partial charge is 0.166 e. The Morgan fingerprint density at radius 3 is 2.67 bits per heavy atom. The van der Waals surface area contributed by atoms with E-state index in [2.05, 4.69) is 10.3 Å². The van der Waals surface area contributed by atoms with Gasteiger partial charge in [-0.1, -0.05) is 23.2 Å². The maximum atomic E-state index is 10.3. The van der Waals surface area contributed by atoms with E-state index in [4.69, 9.17) is 23.2 Å². The van der Waals surface area contributed by atoms with Crippen molar-refractivity contribution in [3.05, 3.63) is 16.6 Å². The number of aliphatic hydroxyl groups is 1. The van der Waals surface area contributed by atoms with Crippen LogP contribution in [-0.4, -0.2) is 33.3 Å². The summed E-state index contributed by atoms with van der Waals surface area (Å²) < 4.78 is 1.69. The lowest BCUT2D eigenvalue weighted by molar-refractivity contribution is -0.00531. The molecule has 0 bridgehead atoms. The largest absolute Gasteiger partial charge is 0.388 e. The Hall–Kier alpha value is -0.290. The Labute approximate surface area is 98.2 Å². The first-order valence-corrected chi connectivity index (χ1v) is 5.66. The van der Waals surface area contributed by atoms with Crippen LogP contribution < -0.4 is 5.32 Å². The van der Waals surface area contributed by atoms with E-state index in [1.807, 2.05) is 0 Å². The molecule has 84 valence electrons. The highest BCUT2D eigenvalue weighted by Gasteiger charge is 2.30. The van der Waals surface area contributed by atoms with Crippen molar-refractivity contribution in [2.75, 3.05) is 13.1 Å². The molecule has 1 fully saturated rings. The van der Waals surface area contributed by atoms with Gasteiger partial charge in [0.25, 0.3) is 0 Å². The van der Waals surface area contributed by atoms with Gasteiger partial charge in [0.1, 0.15) is 5.15 Å². The number of hydrogen-bond donors (Lipinski definition) is 2. The fraction of sp³-hybridized carbons (Fsp3) is 0.667. The van der Waals surface area contributed by atoms with Gasteiger partial charge in [-0.3, -0.25) is 0 Å². The predicted octanol–water partition coefficient (Wildman–Crippen LogP) is 1.30. The van der Waals surface area contributed by atoms with Gasteiger partial charge in [-0.25, -0.2) is 4.98 Å². The third-order valence-corrected chi connectivity index (χ3v) is 3.50. The van der Waals surface area contributed by atoms with Gasteiger partial charge in [-0.15, -0.1) is 0 Å². The molecule has 6 heteroatoms. The molecule has 0 atom stereocenters. The van der Waals surface area contributed by atoms with Crippen molar-refractivity contribution in [2.45, 2.75) is 25.0 Å². The number of nitrogens with zero attached hydrogens (tertiary/aromatic N) is 2. The van der Waals surface area contributed by atoms with E-state index >= 15 is 0 Å². The first kappa shape index (κ1) is 11.2. The Bertz CT molecular complexity index is 347. The van der Waals surface area contributed by atoms with Crippen molar-refractivity contribution in [3.8, 4) is 0 Å². The van der Waals surface area contributed by atoms with Crippen molar-refractivity contribution in [3.63, 3.8) is 0 Å². The van der Waals surface area contributed by atoms with E-state index in [9.17, 15) is 5.11 Å². The number of hydrogen-bond acceptors (Lipinski definition) is 3. The second-order valence-electron chi connectivity index (χ2n) is 3.93. The molecular formula is C9H13Cl2N3O. The lowest BCUT2D eigenvalue weighted by Crippen LogP contribution is -2.44. The van der Waals surface area contributed by atoms with Gasteiger partial charge in [0.05, 0.1) is 18.5 Å². The van der Waals surface area contributed by atoms with Crippen molar-refractivity contribution < 1.29 is 5.11 Å². The van der Waals surface area contributed by atoms with Gasteiger partial charge < -0.3 is 15.0 Å². The fourth-order valence-electron chi connectivity index (χ4n) is 1.82. The van der Waals surface area contributed by atoms with E-state index in [-0.39, 0.29) is 5.15 Å². The highest BCUT2D eigenvalue weighted by Crippen LogP contribution is 2.25. The summed E-state index contributed by atoms with van der Waals surface area (Å²) in [5, 5.41) is 14.1. The Morgan fingerprint density at radius 1 is 1.47 bits per heavy atom. The van der Waals surface area contributed by atoms with Crippen LogP contribution in [0.3, 0.4) is 0 Å². The van der Waals surface area contributed by atoms with Crippen LogP contribution in [0.5, 0.6) is 0 Å². The molecule has 1 aliphatic heterocycles. The predicted molar refractivity (Wildman–Crippen MR) is 59.3 cm³/mol. The number of piperidine rings is 1. The van der Waals surface area contributed by atoms with Crippen LogP contribution in [0, 0.1) is 0 Å². The van der Waals surface area contributed by atoms with E-state index in [1.165, 1.54) is 0 Å². The summed E-state index contributed by atoms with van der Waals surface area (Å²) in [7, 11) is 0. The van der Waals surface area contributed by atoms with Crippen molar-refractivity contribution in [2.24, 2.45) is 0 Å². The first-order valence-electron chi connectivity index (χ1n) is 4.90. The second kappa shape index (κ2) is 4.29. The van der Waals surface area contributed by atoms with Gasteiger partial charge in [-0.05, 0) is 25.9 Å². The standard InChI is InChI=1S/C9H13Cl2N3O/c10-7-8(11)14(6-13-7)5-9(15)1-3-12-4-2-9/h6,12,15H,1-5H2. The van der Waals surface area contributed by atoms with Crippen LogP contribution in [0.15, 0.2) is 6.33 Å². The van der Waals surface area contributed by atoms with Gasteiger partial charge in [0.15, 0.2) is 5.15 Å². The third-order valence-electron chi connectivity index (χ3n) is 2.73. The number of nitrogens with one attached hydrogen (secondary N) is 1. The SMILES string of the molecule is OC1(Cn2cnc(Cl)c2Cl)CCNCC1. The summed E-state index contributed by atoms with van der Waals surface area (Å²) in [5.41, 5.74) is -0.696. The zero-order valence-electron chi connectivity index (χ0n) is 8.21. The van der Waals surface area contributed by atoms with Crippen LogP contribution in [-0.2, 0) is 6.54 Å². The highest BCUT2D eigenvalue weighted by molar-refractivity contribution is 6.40. The Kier molecular flexibility index (Phi) is 3.21. The van der Waals surface area contributed by atoms with Gasteiger partial charge in [-0.2, -0.15) is 0 Å². The molecule has 1 aromatic rings. The number of halogens is 2. The zero-order chi connectivity index (χ0) is 10.9. The van der Waals surface area contributed by atoms with Crippen LogP contribution in [0.25, 0.3) is 0 Å². The molecule has 2 N–H and O–H groups in total. The number of imidazole rings is 1. The maximum absolute atomic E-state index is 10.3. The van der Waals surface area contributed by atoms with Crippen molar-refractivity contribution in [1.82, 2.24) is 14.9 Å². The molecule has 15 heavy (non-hydrogen) atoms. The zero-order valence-corrected chi connectivity index (χ0v) is 9.72. The number of rotatable bonds is 2. The number of aromatic nitrogens is 2. The minimum absolute atomic E-state index is 0.286. The van der Waals surface area contributed by atoms with Crippen LogP contribution in [0.4, 0.5) is 0 Å². The lowest BCUT2D eigenvalue weighted by Gasteiger charge is -2.32. The molecule has 0 saturated carbocycles. The summed E-state index contributed by atoms with van der Waals surface area (Å²) in [6.45, 7) is 2.11. The molecule has 1 saturated heterocycles. The molecule has 0 spiro atoms. The Balaban J connectivity index is 2.10. The third kappa shape index (κ3) is 2.45. The average Bonchev–Trinajstić information content (AvgIpc) is 2.50. The first-order chi connectivity index (χ1) is 7.11. The van der Waals surface area contributed by atoms with Crippen LogP contribution in [0.1, 0.15) is 12.8 Å². The molecule has 0 radical (unpaired) electrons. The summed E-state index contributed by atoms with van der Waals surface area (Å²) in [5.74, 6) is 0. The molecular weight excluding hydrogens is 237 g/mol. The summed E-state index contributed by atoms with van der Waals surface area (Å²) in [4.78, 5) is 3.88. The summed E-state index contributed by atoms with van der Waals surface area (Å²) in [6.07, 6.45) is 3.00. The summed E-state index contributed by atoms with van der Waals surface area (Å²) in [6, 6.07) is 0. The normalized spacial score (nSPS) is 20.5. The van der Waals surface area contributed by atoms with E-state index in [0.29, 0.717) is 11.7 Å². The minimum Gasteiger partial charge on any atom is -0.388 e. The van der Waals surface area contributed by atoms with E-state index in [1.54, 1.807) is 10.9 Å². The molecule has 1 aliphatic rings. The fourth-order valence-corrected chi connectivity index (χ4v) is 2.12. The van der Waals surface area contributed by atoms with E-state index in [0.717, 1.165) is 25.9 Å². The van der Waals surface area contributed by atoms with Gasteiger partial charge in [0.2, 0.25) is 0 Å².